The lowest BCUT2D eigenvalue weighted by Gasteiger charge is -2.35. The maximum Gasteiger partial charge on any atom is 0.341 e. The molecule has 0 saturated carbocycles. The standard InChI is InChI=1S/C33H38O6/c1-5-10-20-16-18-25(22(12-7-3)29(20)34)33(26-19-17-21(11-6-2)30(35)23(26)13-8-4)27-15-9-14-24(31(36)37)28(27)32(38)39-33/h9,14-19,34-35H,5-8,10-13H2,1-4H3,(H,36,37). The van der Waals surface area contributed by atoms with Crippen LogP contribution in [-0.4, -0.2) is 27.3 Å². The highest BCUT2D eigenvalue weighted by molar-refractivity contribution is 6.06. The number of aromatic carboxylic acids is 1. The van der Waals surface area contributed by atoms with E-state index < -0.39 is 17.5 Å². The number of rotatable bonds is 11. The minimum atomic E-state index is -1.53. The van der Waals surface area contributed by atoms with E-state index in [0.717, 1.165) is 36.8 Å². The van der Waals surface area contributed by atoms with E-state index in [4.69, 9.17) is 4.74 Å². The van der Waals surface area contributed by atoms with Gasteiger partial charge in [0.25, 0.3) is 0 Å². The molecule has 0 aromatic heterocycles. The van der Waals surface area contributed by atoms with Crippen molar-refractivity contribution in [3.05, 3.63) is 92.5 Å². The average Bonchev–Trinajstić information content (AvgIpc) is 3.22. The quantitative estimate of drug-likeness (QED) is 0.229. The topological polar surface area (TPSA) is 104 Å². The molecular formula is C33H38O6. The number of cyclic esters (lactones) is 1. The molecule has 0 atom stereocenters. The van der Waals surface area contributed by atoms with Gasteiger partial charge >= 0.3 is 11.9 Å². The third kappa shape index (κ3) is 4.66. The molecule has 0 amide bonds. The molecule has 0 fully saturated rings. The highest BCUT2D eigenvalue weighted by Crippen LogP contribution is 2.53. The van der Waals surface area contributed by atoms with Crippen molar-refractivity contribution < 1.29 is 29.6 Å². The van der Waals surface area contributed by atoms with Gasteiger partial charge in [0.05, 0.1) is 11.1 Å². The van der Waals surface area contributed by atoms with Crippen molar-refractivity contribution in [2.45, 2.75) is 84.7 Å². The van der Waals surface area contributed by atoms with Crippen LogP contribution >= 0.6 is 0 Å². The normalized spacial score (nSPS) is 13.8. The number of carboxylic acid groups (broad SMARTS) is 1. The Balaban J connectivity index is 2.18. The largest absolute Gasteiger partial charge is 0.507 e. The Morgan fingerprint density at radius 3 is 1.64 bits per heavy atom. The first kappa shape index (κ1) is 28.2. The number of aryl methyl sites for hydroxylation is 2. The molecule has 206 valence electrons. The molecule has 6 heteroatoms. The Hall–Kier alpha value is -3.80. The number of phenolic OH excluding ortho intramolecular Hbond substituents is 2. The lowest BCUT2D eigenvalue weighted by atomic mass is 9.73. The summed E-state index contributed by atoms with van der Waals surface area (Å²) in [7, 11) is 0. The number of fused-ring (bicyclic) bond motifs is 1. The van der Waals surface area contributed by atoms with E-state index in [1.807, 2.05) is 38.1 Å². The summed E-state index contributed by atoms with van der Waals surface area (Å²) in [6.45, 7) is 8.14. The van der Waals surface area contributed by atoms with E-state index in [-0.39, 0.29) is 22.6 Å². The Bertz CT molecular complexity index is 1340. The smallest absolute Gasteiger partial charge is 0.341 e. The number of carbonyl (C=O) groups excluding carboxylic acids is 1. The second kappa shape index (κ2) is 11.5. The van der Waals surface area contributed by atoms with E-state index in [1.165, 1.54) is 6.07 Å². The molecule has 6 nitrogen and oxygen atoms in total. The van der Waals surface area contributed by atoms with Gasteiger partial charge in [-0.2, -0.15) is 0 Å². The molecule has 0 bridgehead atoms. The van der Waals surface area contributed by atoms with Crippen molar-refractivity contribution >= 4 is 11.9 Å². The summed E-state index contributed by atoms with van der Waals surface area (Å²) < 4.78 is 6.34. The molecule has 0 radical (unpaired) electrons. The van der Waals surface area contributed by atoms with E-state index in [1.54, 1.807) is 12.1 Å². The summed E-state index contributed by atoms with van der Waals surface area (Å²) in [6.07, 6.45) is 5.67. The molecule has 0 aliphatic carbocycles. The molecule has 4 rings (SSSR count). The summed E-state index contributed by atoms with van der Waals surface area (Å²) in [4.78, 5) is 25.8. The van der Waals surface area contributed by atoms with Gasteiger partial charge in [-0.1, -0.05) is 89.8 Å². The van der Waals surface area contributed by atoms with Gasteiger partial charge in [-0.3, -0.25) is 0 Å². The van der Waals surface area contributed by atoms with Gasteiger partial charge in [-0.25, -0.2) is 9.59 Å². The lowest BCUT2D eigenvalue weighted by molar-refractivity contribution is 0.0242. The van der Waals surface area contributed by atoms with Crippen molar-refractivity contribution in [3.63, 3.8) is 0 Å². The Morgan fingerprint density at radius 1 is 0.718 bits per heavy atom. The van der Waals surface area contributed by atoms with Crippen molar-refractivity contribution in [1.82, 2.24) is 0 Å². The van der Waals surface area contributed by atoms with Gasteiger partial charge in [-0.15, -0.1) is 0 Å². The average molecular weight is 531 g/mol. The third-order valence-electron chi connectivity index (χ3n) is 7.65. The molecule has 1 aliphatic heterocycles. The van der Waals surface area contributed by atoms with E-state index in [0.29, 0.717) is 53.5 Å². The van der Waals surface area contributed by atoms with Crippen LogP contribution in [0.1, 0.15) is 113 Å². The third-order valence-corrected chi connectivity index (χ3v) is 7.65. The van der Waals surface area contributed by atoms with Gasteiger partial charge < -0.3 is 20.1 Å². The first-order valence-electron chi connectivity index (χ1n) is 14.0. The van der Waals surface area contributed by atoms with E-state index >= 15 is 0 Å². The Kier molecular flexibility index (Phi) is 8.34. The summed E-state index contributed by atoms with van der Waals surface area (Å²) in [5.74, 6) is -1.59. The van der Waals surface area contributed by atoms with Crippen molar-refractivity contribution in [1.29, 1.82) is 0 Å². The molecule has 3 aromatic carbocycles. The molecule has 3 aromatic rings. The zero-order valence-corrected chi connectivity index (χ0v) is 23.3. The van der Waals surface area contributed by atoms with Crippen LogP contribution in [0.25, 0.3) is 0 Å². The van der Waals surface area contributed by atoms with Crippen molar-refractivity contribution in [2.24, 2.45) is 0 Å². The fraction of sp³-hybridized carbons (Fsp3) is 0.394. The monoisotopic (exact) mass is 530 g/mol. The second-order valence-corrected chi connectivity index (χ2v) is 10.3. The SMILES string of the molecule is CCCc1ccc(C2(c3ccc(CCC)c(O)c3CCC)OC(=O)c3c(C(=O)O)cccc32)c(CCC)c1O. The van der Waals surface area contributed by atoms with Crippen LogP contribution < -0.4 is 0 Å². The Morgan fingerprint density at radius 2 is 1.21 bits per heavy atom. The van der Waals surface area contributed by atoms with Crippen LogP contribution in [0, 0.1) is 0 Å². The maximum absolute atomic E-state index is 13.6. The van der Waals surface area contributed by atoms with E-state index in [9.17, 15) is 24.9 Å². The van der Waals surface area contributed by atoms with Crippen LogP contribution in [0.3, 0.4) is 0 Å². The van der Waals surface area contributed by atoms with Crippen LogP contribution in [0.15, 0.2) is 42.5 Å². The molecule has 39 heavy (non-hydrogen) atoms. The lowest BCUT2D eigenvalue weighted by Crippen LogP contribution is -2.32. The van der Waals surface area contributed by atoms with Gasteiger partial charge in [0, 0.05) is 27.8 Å². The van der Waals surface area contributed by atoms with Crippen LogP contribution in [0.5, 0.6) is 11.5 Å². The minimum absolute atomic E-state index is 0.00384. The van der Waals surface area contributed by atoms with Gasteiger partial charge in [0.2, 0.25) is 0 Å². The molecule has 1 heterocycles. The molecule has 3 N–H and O–H groups in total. The molecular weight excluding hydrogens is 492 g/mol. The summed E-state index contributed by atoms with van der Waals surface area (Å²) >= 11 is 0. The first-order valence-corrected chi connectivity index (χ1v) is 14.0. The predicted molar refractivity (Wildman–Crippen MR) is 151 cm³/mol. The molecule has 1 aliphatic rings. The number of carbonyl (C=O) groups is 2. The zero-order chi connectivity index (χ0) is 28.3. The predicted octanol–water partition coefficient (Wildman–Crippen LogP) is 7.07. The molecule has 0 unspecified atom stereocenters. The number of esters is 1. The van der Waals surface area contributed by atoms with Crippen molar-refractivity contribution in [3.8, 4) is 11.5 Å². The van der Waals surface area contributed by atoms with E-state index in [2.05, 4.69) is 13.8 Å². The molecule has 0 saturated heterocycles. The number of hydrogen-bond donors (Lipinski definition) is 3. The number of aromatic hydroxyl groups is 2. The Labute approximate surface area is 230 Å². The molecule has 0 spiro atoms. The number of benzene rings is 3. The van der Waals surface area contributed by atoms with Crippen LogP contribution in [-0.2, 0) is 36.0 Å². The minimum Gasteiger partial charge on any atom is -0.507 e. The first-order chi connectivity index (χ1) is 18.8. The van der Waals surface area contributed by atoms with Crippen LogP contribution in [0.2, 0.25) is 0 Å². The number of carboxylic acids is 1. The number of ether oxygens (including phenoxy) is 1. The van der Waals surface area contributed by atoms with Gasteiger partial charge in [0.1, 0.15) is 11.5 Å². The summed E-state index contributed by atoms with van der Waals surface area (Å²) in [5.41, 5.74) is 2.92. The zero-order valence-electron chi connectivity index (χ0n) is 23.3. The maximum atomic E-state index is 13.6. The van der Waals surface area contributed by atoms with Crippen LogP contribution in [0.4, 0.5) is 0 Å². The number of hydrogen-bond acceptors (Lipinski definition) is 5. The van der Waals surface area contributed by atoms with Gasteiger partial charge in [0.15, 0.2) is 5.60 Å². The van der Waals surface area contributed by atoms with Gasteiger partial charge in [-0.05, 0) is 42.9 Å². The highest BCUT2D eigenvalue weighted by Gasteiger charge is 2.52. The van der Waals surface area contributed by atoms with Crippen molar-refractivity contribution in [2.75, 3.05) is 0 Å². The summed E-state index contributed by atoms with van der Waals surface area (Å²) in [6, 6.07) is 12.3. The summed E-state index contributed by atoms with van der Waals surface area (Å²) in [5, 5.41) is 32.9. The number of phenols is 2. The second-order valence-electron chi connectivity index (χ2n) is 10.3. The fourth-order valence-electron chi connectivity index (χ4n) is 6.01. The fourth-order valence-corrected chi connectivity index (χ4v) is 6.01. The highest BCUT2D eigenvalue weighted by atomic mass is 16.6.